The molecule has 2 aromatic rings. The Labute approximate surface area is 108 Å². The van der Waals surface area contributed by atoms with Crippen molar-refractivity contribution in [3.63, 3.8) is 0 Å². The van der Waals surface area contributed by atoms with Gasteiger partial charge in [-0.2, -0.15) is 5.10 Å². The predicted octanol–water partition coefficient (Wildman–Crippen LogP) is 1.12. The number of aryl methyl sites for hydroxylation is 1. The van der Waals surface area contributed by atoms with Gasteiger partial charge >= 0.3 is 0 Å². The van der Waals surface area contributed by atoms with Crippen LogP contribution in [0.1, 0.15) is 10.5 Å². The van der Waals surface area contributed by atoms with Crippen LogP contribution in [0.2, 0.25) is 5.15 Å². The number of anilines is 1. The van der Waals surface area contributed by atoms with E-state index in [-0.39, 0.29) is 10.8 Å². The van der Waals surface area contributed by atoms with Crippen LogP contribution in [0.15, 0.2) is 18.2 Å². The third-order valence-corrected chi connectivity index (χ3v) is 2.35. The lowest BCUT2D eigenvalue weighted by molar-refractivity contribution is 0.102. The Hall–Kier alpha value is -2.15. The molecule has 0 atom stereocenters. The molecule has 0 aliphatic rings. The van der Waals surface area contributed by atoms with Gasteiger partial charge in [0.15, 0.2) is 16.7 Å². The minimum absolute atomic E-state index is 0.228. The van der Waals surface area contributed by atoms with Crippen LogP contribution < -0.4 is 10.1 Å². The van der Waals surface area contributed by atoms with Crippen LogP contribution in [-0.4, -0.2) is 33.0 Å². The molecule has 2 rings (SSSR count). The summed E-state index contributed by atoms with van der Waals surface area (Å²) in [6.45, 7) is 0. The number of halogens is 1. The molecule has 2 aromatic heterocycles. The van der Waals surface area contributed by atoms with Gasteiger partial charge in [-0.25, -0.2) is 4.68 Å². The van der Waals surface area contributed by atoms with Gasteiger partial charge in [0.1, 0.15) is 0 Å². The molecular weight excluding hydrogens is 258 g/mol. The molecular formula is C10H10ClN5O2. The van der Waals surface area contributed by atoms with E-state index < -0.39 is 5.91 Å². The third-order valence-electron chi connectivity index (χ3n) is 2.15. The number of amides is 1. The van der Waals surface area contributed by atoms with Crippen LogP contribution in [0, 0.1) is 0 Å². The van der Waals surface area contributed by atoms with Crippen molar-refractivity contribution in [2.45, 2.75) is 0 Å². The molecule has 18 heavy (non-hydrogen) atoms. The van der Waals surface area contributed by atoms with E-state index in [1.807, 2.05) is 0 Å². The van der Waals surface area contributed by atoms with E-state index >= 15 is 0 Å². The van der Waals surface area contributed by atoms with Crippen molar-refractivity contribution < 1.29 is 9.53 Å². The lowest BCUT2D eigenvalue weighted by Crippen LogP contribution is -2.14. The fourth-order valence-corrected chi connectivity index (χ4v) is 1.42. The molecule has 7 nitrogen and oxygen atoms in total. The summed E-state index contributed by atoms with van der Waals surface area (Å²) < 4.78 is 6.48. The van der Waals surface area contributed by atoms with Crippen molar-refractivity contribution in [2.75, 3.05) is 12.4 Å². The highest BCUT2D eigenvalue weighted by molar-refractivity contribution is 6.29. The highest BCUT2D eigenvalue weighted by Gasteiger charge is 2.13. The molecule has 0 aliphatic carbocycles. The first-order valence-corrected chi connectivity index (χ1v) is 5.36. The zero-order valence-corrected chi connectivity index (χ0v) is 10.5. The van der Waals surface area contributed by atoms with Gasteiger partial charge in [-0.15, -0.1) is 10.2 Å². The van der Waals surface area contributed by atoms with Gasteiger partial charge in [0.25, 0.3) is 5.91 Å². The maximum Gasteiger partial charge on any atom is 0.277 e. The van der Waals surface area contributed by atoms with Gasteiger partial charge in [0.05, 0.1) is 7.11 Å². The number of hydrogen-bond donors (Lipinski definition) is 1. The monoisotopic (exact) mass is 267 g/mol. The van der Waals surface area contributed by atoms with Crippen LogP contribution in [-0.2, 0) is 7.05 Å². The molecule has 0 radical (unpaired) electrons. The summed E-state index contributed by atoms with van der Waals surface area (Å²) in [7, 11) is 3.18. The molecule has 0 bridgehead atoms. The molecule has 0 saturated heterocycles. The van der Waals surface area contributed by atoms with Crippen LogP contribution in [0.4, 0.5) is 5.82 Å². The van der Waals surface area contributed by atoms with E-state index in [2.05, 4.69) is 20.6 Å². The van der Waals surface area contributed by atoms with Gasteiger partial charge in [-0.1, -0.05) is 11.6 Å². The van der Waals surface area contributed by atoms with Crippen LogP contribution in [0.5, 0.6) is 5.88 Å². The first-order valence-electron chi connectivity index (χ1n) is 4.99. The van der Waals surface area contributed by atoms with Crippen molar-refractivity contribution in [3.8, 4) is 5.88 Å². The number of nitrogens with zero attached hydrogens (tertiary/aromatic N) is 4. The van der Waals surface area contributed by atoms with Crippen LogP contribution >= 0.6 is 11.6 Å². The second kappa shape index (κ2) is 5.01. The summed E-state index contributed by atoms with van der Waals surface area (Å²) in [5.41, 5.74) is 0.228. The Morgan fingerprint density at radius 2 is 2.22 bits per heavy atom. The van der Waals surface area contributed by atoms with E-state index in [9.17, 15) is 4.79 Å². The van der Waals surface area contributed by atoms with Crippen LogP contribution in [0.25, 0.3) is 0 Å². The van der Waals surface area contributed by atoms with Crippen molar-refractivity contribution in [1.82, 2.24) is 20.0 Å². The van der Waals surface area contributed by atoms with E-state index in [0.29, 0.717) is 11.7 Å². The van der Waals surface area contributed by atoms with Crippen molar-refractivity contribution in [3.05, 3.63) is 29.0 Å². The van der Waals surface area contributed by atoms with E-state index in [4.69, 9.17) is 16.3 Å². The highest BCUT2D eigenvalue weighted by atomic mass is 35.5. The SMILES string of the molecule is COc1cc(C(=O)Nc2ccc(Cl)nn2)nn1C. The number of nitrogens with one attached hydrogen (secondary N) is 1. The molecule has 1 N–H and O–H groups in total. The van der Waals surface area contributed by atoms with Crippen LogP contribution in [0.3, 0.4) is 0 Å². The van der Waals surface area contributed by atoms with Gasteiger partial charge in [0.2, 0.25) is 5.88 Å². The molecule has 8 heteroatoms. The number of hydrogen-bond acceptors (Lipinski definition) is 5. The summed E-state index contributed by atoms with van der Waals surface area (Å²) in [5.74, 6) is 0.391. The van der Waals surface area contributed by atoms with Gasteiger partial charge in [-0.3, -0.25) is 4.79 Å². The third kappa shape index (κ3) is 2.57. The second-order valence-electron chi connectivity index (χ2n) is 3.39. The molecule has 0 unspecified atom stereocenters. The predicted molar refractivity (Wildman–Crippen MR) is 64.8 cm³/mol. The quantitative estimate of drug-likeness (QED) is 0.901. The Morgan fingerprint density at radius 1 is 1.44 bits per heavy atom. The zero-order valence-electron chi connectivity index (χ0n) is 9.72. The zero-order chi connectivity index (χ0) is 13.1. The minimum Gasteiger partial charge on any atom is -0.481 e. The second-order valence-corrected chi connectivity index (χ2v) is 3.78. The van der Waals surface area contributed by atoms with Gasteiger partial charge in [0, 0.05) is 13.1 Å². The number of ether oxygens (including phenoxy) is 1. The minimum atomic E-state index is -0.398. The largest absolute Gasteiger partial charge is 0.481 e. The summed E-state index contributed by atoms with van der Waals surface area (Å²) in [6.07, 6.45) is 0. The normalized spacial score (nSPS) is 10.2. The lowest BCUT2D eigenvalue weighted by atomic mass is 10.4. The topological polar surface area (TPSA) is 81.9 Å². The highest BCUT2D eigenvalue weighted by Crippen LogP contribution is 2.13. The molecule has 94 valence electrons. The number of methoxy groups -OCH3 is 1. The Morgan fingerprint density at radius 3 is 2.78 bits per heavy atom. The number of rotatable bonds is 3. The van der Waals surface area contributed by atoms with E-state index in [0.717, 1.165) is 0 Å². The molecule has 1 amide bonds. The maximum absolute atomic E-state index is 11.8. The maximum atomic E-state index is 11.8. The molecule has 0 aromatic carbocycles. The number of carbonyl (C=O) groups is 1. The molecule has 0 spiro atoms. The van der Waals surface area contributed by atoms with E-state index in [1.54, 1.807) is 13.1 Å². The Bertz CT molecular complexity index is 566. The summed E-state index contributed by atoms with van der Waals surface area (Å²) in [6, 6.07) is 4.61. The number of carbonyl (C=O) groups excluding carboxylic acids is 1. The van der Waals surface area contributed by atoms with Crippen molar-refractivity contribution in [2.24, 2.45) is 7.05 Å². The first kappa shape index (κ1) is 12.3. The van der Waals surface area contributed by atoms with Crippen molar-refractivity contribution in [1.29, 1.82) is 0 Å². The molecule has 2 heterocycles. The summed E-state index contributed by atoms with van der Waals surface area (Å²) >= 11 is 5.59. The molecule has 0 aliphatic heterocycles. The Kier molecular flexibility index (Phi) is 3.42. The average molecular weight is 268 g/mol. The fourth-order valence-electron chi connectivity index (χ4n) is 1.32. The first-order chi connectivity index (χ1) is 8.60. The number of aromatic nitrogens is 4. The van der Waals surface area contributed by atoms with Gasteiger partial charge in [-0.05, 0) is 12.1 Å². The lowest BCUT2D eigenvalue weighted by Gasteiger charge is -2.00. The smallest absolute Gasteiger partial charge is 0.277 e. The standard InChI is InChI=1S/C10H10ClN5O2/c1-16-9(18-2)5-6(15-16)10(17)12-8-4-3-7(11)13-14-8/h3-5H,1-2H3,(H,12,14,17). The fraction of sp³-hybridized carbons (Fsp3) is 0.200. The summed E-state index contributed by atoms with van der Waals surface area (Å²) in [5, 5.41) is 14.1. The summed E-state index contributed by atoms with van der Waals surface area (Å²) in [4.78, 5) is 11.8. The van der Waals surface area contributed by atoms with Crippen molar-refractivity contribution >= 4 is 23.3 Å². The Balaban J connectivity index is 2.14. The molecule has 0 saturated carbocycles. The van der Waals surface area contributed by atoms with E-state index in [1.165, 1.54) is 23.9 Å². The average Bonchev–Trinajstić information content (AvgIpc) is 2.73. The van der Waals surface area contributed by atoms with Gasteiger partial charge < -0.3 is 10.1 Å². The molecule has 0 fully saturated rings.